The van der Waals surface area contributed by atoms with Crippen molar-refractivity contribution >= 4 is 5.91 Å². The van der Waals surface area contributed by atoms with E-state index in [1.54, 1.807) is 0 Å². The second kappa shape index (κ2) is 5.99. The minimum absolute atomic E-state index is 0.188. The number of hydrogen-bond acceptors (Lipinski definition) is 4. The van der Waals surface area contributed by atoms with Crippen LogP contribution in [0.3, 0.4) is 0 Å². The van der Waals surface area contributed by atoms with Gasteiger partial charge in [0.15, 0.2) is 0 Å². The lowest BCUT2D eigenvalue weighted by atomic mass is 10.0. The Morgan fingerprint density at radius 1 is 1.22 bits per heavy atom. The summed E-state index contributed by atoms with van der Waals surface area (Å²) >= 11 is 0. The number of amides is 1. The average Bonchev–Trinajstić information content (AvgIpc) is 3.08. The molecule has 122 valence electrons. The molecule has 1 saturated heterocycles. The maximum Gasteiger partial charge on any atom is 0.417 e. The molecule has 9 heteroatoms. The maximum atomic E-state index is 13.4. The van der Waals surface area contributed by atoms with Crippen LogP contribution >= 0.6 is 0 Å². The molecule has 0 atom stereocenters. The van der Waals surface area contributed by atoms with Crippen molar-refractivity contribution < 1.29 is 22.7 Å². The van der Waals surface area contributed by atoms with E-state index in [-0.39, 0.29) is 24.3 Å². The molecule has 0 spiro atoms. The van der Waals surface area contributed by atoms with E-state index in [0.717, 1.165) is 6.07 Å². The fraction of sp³-hybridized carbons (Fsp3) is 0.357. The monoisotopic (exact) mass is 326 g/mol. The zero-order chi connectivity index (χ0) is 16.4. The molecule has 2 heterocycles. The van der Waals surface area contributed by atoms with Crippen LogP contribution in [0.15, 0.2) is 30.6 Å². The summed E-state index contributed by atoms with van der Waals surface area (Å²) in [4.78, 5) is 13.8. The largest absolute Gasteiger partial charge is 0.417 e. The summed E-state index contributed by atoms with van der Waals surface area (Å²) in [6, 6.07) is 3.50. The van der Waals surface area contributed by atoms with Crippen molar-refractivity contribution in [1.82, 2.24) is 19.9 Å². The van der Waals surface area contributed by atoms with E-state index in [4.69, 9.17) is 4.74 Å². The number of benzene rings is 1. The third kappa shape index (κ3) is 3.19. The Hall–Kier alpha value is -2.42. The van der Waals surface area contributed by atoms with Crippen molar-refractivity contribution in [3.8, 4) is 5.69 Å². The molecule has 0 radical (unpaired) electrons. The Kier molecular flexibility index (Phi) is 4.03. The van der Waals surface area contributed by atoms with Gasteiger partial charge in [-0.15, -0.1) is 5.10 Å². The quantitative estimate of drug-likeness (QED) is 0.844. The Morgan fingerprint density at radius 2 is 1.96 bits per heavy atom. The summed E-state index contributed by atoms with van der Waals surface area (Å²) in [6.07, 6.45) is -1.85. The molecule has 0 unspecified atom stereocenters. The maximum absolute atomic E-state index is 13.4. The number of aromatic nitrogens is 3. The van der Waals surface area contributed by atoms with Gasteiger partial charge >= 0.3 is 6.18 Å². The molecule has 1 fully saturated rings. The molecule has 1 aliphatic rings. The highest BCUT2D eigenvalue weighted by Gasteiger charge is 2.37. The fourth-order valence-corrected chi connectivity index (χ4v) is 2.38. The van der Waals surface area contributed by atoms with Crippen LogP contribution in [0.25, 0.3) is 5.69 Å². The van der Waals surface area contributed by atoms with Crippen molar-refractivity contribution in [2.75, 3.05) is 26.3 Å². The highest BCUT2D eigenvalue weighted by Crippen LogP contribution is 2.34. The standard InChI is InChI=1S/C14H13F3N4O2/c15-14(16,17)12-9-10(21-4-3-18-19-21)1-2-11(12)13(22)20-5-7-23-8-6-20/h1-4,9H,5-8H2. The van der Waals surface area contributed by atoms with Gasteiger partial charge in [0.05, 0.1) is 42.4 Å². The number of alkyl halides is 3. The smallest absolute Gasteiger partial charge is 0.378 e. The van der Waals surface area contributed by atoms with Crippen molar-refractivity contribution in [1.29, 1.82) is 0 Å². The first-order valence-corrected chi connectivity index (χ1v) is 6.92. The van der Waals surface area contributed by atoms with Gasteiger partial charge in [0.1, 0.15) is 0 Å². The van der Waals surface area contributed by atoms with Crippen molar-refractivity contribution in [3.63, 3.8) is 0 Å². The number of ether oxygens (including phenoxy) is 1. The average molecular weight is 326 g/mol. The van der Waals surface area contributed by atoms with Crippen LogP contribution in [-0.4, -0.2) is 52.1 Å². The number of halogens is 3. The number of carbonyl (C=O) groups is 1. The molecule has 1 aliphatic heterocycles. The van der Waals surface area contributed by atoms with Crippen LogP contribution in [0, 0.1) is 0 Å². The van der Waals surface area contributed by atoms with Gasteiger partial charge in [-0.25, -0.2) is 4.68 Å². The number of morpholine rings is 1. The Balaban J connectivity index is 2.00. The third-order valence-electron chi connectivity index (χ3n) is 3.52. The second-order valence-corrected chi connectivity index (χ2v) is 4.98. The van der Waals surface area contributed by atoms with Gasteiger partial charge < -0.3 is 9.64 Å². The minimum atomic E-state index is -4.64. The summed E-state index contributed by atoms with van der Waals surface area (Å²) in [5.74, 6) is -0.647. The van der Waals surface area contributed by atoms with Gasteiger partial charge in [-0.2, -0.15) is 13.2 Å². The normalized spacial score (nSPS) is 15.7. The minimum Gasteiger partial charge on any atom is -0.378 e. The number of hydrogen-bond donors (Lipinski definition) is 0. The van der Waals surface area contributed by atoms with Gasteiger partial charge in [0.2, 0.25) is 0 Å². The van der Waals surface area contributed by atoms with E-state index in [0.29, 0.717) is 13.2 Å². The van der Waals surface area contributed by atoms with Gasteiger partial charge in [0.25, 0.3) is 5.91 Å². The van der Waals surface area contributed by atoms with Crippen LogP contribution in [0.2, 0.25) is 0 Å². The number of rotatable bonds is 2. The molecule has 0 aliphatic carbocycles. The molecule has 1 aromatic heterocycles. The molecule has 6 nitrogen and oxygen atoms in total. The van der Waals surface area contributed by atoms with Crippen LogP contribution < -0.4 is 0 Å². The predicted molar refractivity (Wildman–Crippen MR) is 73.1 cm³/mol. The molecule has 0 bridgehead atoms. The van der Waals surface area contributed by atoms with Crippen molar-refractivity contribution in [2.24, 2.45) is 0 Å². The third-order valence-corrected chi connectivity index (χ3v) is 3.52. The van der Waals surface area contributed by atoms with Gasteiger partial charge in [-0.1, -0.05) is 5.21 Å². The first-order valence-electron chi connectivity index (χ1n) is 6.92. The van der Waals surface area contributed by atoms with Gasteiger partial charge in [0, 0.05) is 13.1 Å². The molecular formula is C14H13F3N4O2. The van der Waals surface area contributed by atoms with E-state index in [9.17, 15) is 18.0 Å². The Morgan fingerprint density at radius 3 is 2.57 bits per heavy atom. The molecule has 0 saturated carbocycles. The molecular weight excluding hydrogens is 313 g/mol. The van der Waals surface area contributed by atoms with Crippen LogP contribution in [0.4, 0.5) is 13.2 Å². The second-order valence-electron chi connectivity index (χ2n) is 4.98. The SMILES string of the molecule is O=C(c1ccc(-n2ccnn2)cc1C(F)(F)F)N1CCOCC1. The van der Waals surface area contributed by atoms with Gasteiger partial charge in [-0.3, -0.25) is 4.79 Å². The molecule has 2 aromatic rings. The summed E-state index contributed by atoms with van der Waals surface area (Å²) in [5.41, 5.74) is -1.17. The zero-order valence-electron chi connectivity index (χ0n) is 12.0. The first kappa shape index (κ1) is 15.5. The van der Waals surface area contributed by atoms with Crippen LogP contribution in [-0.2, 0) is 10.9 Å². The summed E-state index contributed by atoms with van der Waals surface area (Å²) in [6.45, 7) is 1.20. The molecule has 1 aromatic carbocycles. The van der Waals surface area contributed by atoms with E-state index >= 15 is 0 Å². The number of nitrogens with zero attached hydrogens (tertiary/aromatic N) is 4. The van der Waals surface area contributed by atoms with Crippen molar-refractivity contribution in [3.05, 3.63) is 41.7 Å². The summed E-state index contributed by atoms with van der Waals surface area (Å²) < 4.78 is 46.4. The lowest BCUT2D eigenvalue weighted by molar-refractivity contribution is -0.138. The zero-order valence-corrected chi connectivity index (χ0v) is 12.0. The Labute approximate surface area is 129 Å². The number of carbonyl (C=O) groups excluding carboxylic acids is 1. The summed E-state index contributed by atoms with van der Waals surface area (Å²) in [5, 5.41) is 7.23. The molecule has 23 heavy (non-hydrogen) atoms. The Bertz CT molecular complexity index is 695. The lowest BCUT2D eigenvalue weighted by Gasteiger charge is -2.28. The predicted octanol–water partition coefficient (Wildman–Crippen LogP) is 1.76. The van der Waals surface area contributed by atoms with E-state index < -0.39 is 17.6 Å². The van der Waals surface area contributed by atoms with E-state index in [1.165, 1.54) is 34.1 Å². The fourth-order valence-electron chi connectivity index (χ4n) is 2.38. The highest BCUT2D eigenvalue weighted by atomic mass is 19.4. The molecule has 3 rings (SSSR count). The van der Waals surface area contributed by atoms with Crippen LogP contribution in [0.5, 0.6) is 0 Å². The van der Waals surface area contributed by atoms with E-state index in [2.05, 4.69) is 10.3 Å². The lowest BCUT2D eigenvalue weighted by Crippen LogP contribution is -2.41. The first-order chi connectivity index (χ1) is 11.0. The highest BCUT2D eigenvalue weighted by molar-refractivity contribution is 5.96. The molecule has 1 amide bonds. The molecule has 0 N–H and O–H groups in total. The summed E-state index contributed by atoms with van der Waals surface area (Å²) in [7, 11) is 0. The van der Waals surface area contributed by atoms with Gasteiger partial charge in [-0.05, 0) is 18.2 Å². The van der Waals surface area contributed by atoms with Crippen molar-refractivity contribution in [2.45, 2.75) is 6.18 Å². The van der Waals surface area contributed by atoms with Crippen LogP contribution in [0.1, 0.15) is 15.9 Å². The van der Waals surface area contributed by atoms with E-state index in [1.807, 2.05) is 0 Å². The topological polar surface area (TPSA) is 60.2 Å².